The molecule has 0 aliphatic carbocycles. The molecule has 9 nitrogen and oxygen atoms in total. The fourth-order valence-corrected chi connectivity index (χ4v) is 4.89. The summed E-state index contributed by atoms with van der Waals surface area (Å²) in [5, 5.41) is 12.9. The molecule has 0 fully saturated rings. The van der Waals surface area contributed by atoms with E-state index in [1.807, 2.05) is 5.32 Å². The van der Waals surface area contributed by atoms with Crippen molar-refractivity contribution >= 4 is 45.9 Å². The average Bonchev–Trinajstić information content (AvgIpc) is 2.98. The lowest BCUT2D eigenvalue weighted by Gasteiger charge is -2.31. The molecule has 2 amide bonds. The molecule has 0 saturated carbocycles. The Hall–Kier alpha value is -4.27. The van der Waals surface area contributed by atoms with Crippen molar-refractivity contribution in [3.8, 4) is 22.8 Å². The molecule has 46 heavy (non-hydrogen) atoms. The van der Waals surface area contributed by atoms with Crippen LogP contribution in [0.15, 0.2) is 36.4 Å². The number of aryl methyl sites for hydroxylation is 1. The number of carbonyl (C=O) groups is 2. The molecule has 0 unspecified atom stereocenters. The Bertz CT molecular complexity index is 1860. The standard InChI is InChI=1S/C30H25Cl2F5N4O5/c1-4-46-27-15(11-22(38)42)10-21(41-26(27)17-5-6-19(33)23(32)24(17)34)29(44,30(35,36)37)12-39-28(43)16-7-14-8-18(31)13(2)40-25(14)20(9-16)45-3/h5-10,44H,4,11-12H2,1-3H3,(H2,38,42)(H,39,43)/t29-/m0/s1. The molecule has 0 radical (unpaired) electrons. The van der Waals surface area contributed by atoms with E-state index in [-0.39, 0.29) is 34.3 Å². The molecule has 0 aliphatic rings. The molecule has 0 aliphatic heterocycles. The molecule has 16 heteroatoms. The van der Waals surface area contributed by atoms with Gasteiger partial charge in [-0.2, -0.15) is 13.2 Å². The smallest absolute Gasteiger partial charge is 0.424 e. The maximum absolute atomic E-state index is 15.2. The van der Waals surface area contributed by atoms with Gasteiger partial charge >= 0.3 is 6.18 Å². The number of ether oxygens (including phenoxy) is 2. The third-order valence-corrected chi connectivity index (χ3v) is 7.61. The number of halogens is 7. The van der Waals surface area contributed by atoms with Crippen molar-refractivity contribution in [1.82, 2.24) is 15.3 Å². The normalized spacial score (nSPS) is 12.9. The first kappa shape index (κ1) is 34.6. The molecule has 0 bridgehead atoms. The van der Waals surface area contributed by atoms with Gasteiger partial charge < -0.3 is 25.6 Å². The lowest BCUT2D eigenvalue weighted by Crippen LogP contribution is -2.51. The maximum atomic E-state index is 15.2. The van der Waals surface area contributed by atoms with E-state index in [9.17, 15) is 32.3 Å². The zero-order valence-electron chi connectivity index (χ0n) is 24.3. The van der Waals surface area contributed by atoms with Crippen molar-refractivity contribution in [2.24, 2.45) is 5.73 Å². The van der Waals surface area contributed by atoms with Crippen LogP contribution in [0.4, 0.5) is 22.0 Å². The number of pyridine rings is 2. The lowest BCUT2D eigenvalue weighted by molar-refractivity contribution is -0.265. The number of alkyl halides is 3. The van der Waals surface area contributed by atoms with Gasteiger partial charge in [0.1, 0.15) is 33.5 Å². The minimum Gasteiger partial charge on any atom is -0.494 e. The van der Waals surface area contributed by atoms with Gasteiger partial charge in [-0.1, -0.05) is 23.2 Å². The van der Waals surface area contributed by atoms with E-state index in [1.165, 1.54) is 32.2 Å². The first-order chi connectivity index (χ1) is 21.5. The number of carbonyl (C=O) groups excluding carboxylic acids is 2. The second kappa shape index (κ2) is 13.2. The van der Waals surface area contributed by atoms with E-state index in [0.29, 0.717) is 22.7 Å². The van der Waals surface area contributed by atoms with Crippen molar-refractivity contribution in [3.05, 3.63) is 80.6 Å². The van der Waals surface area contributed by atoms with Crippen LogP contribution in [0, 0.1) is 18.6 Å². The summed E-state index contributed by atoms with van der Waals surface area (Å²) < 4.78 is 83.9. The van der Waals surface area contributed by atoms with E-state index in [2.05, 4.69) is 9.97 Å². The summed E-state index contributed by atoms with van der Waals surface area (Å²) >= 11 is 11.9. The van der Waals surface area contributed by atoms with E-state index in [0.717, 1.165) is 12.1 Å². The van der Waals surface area contributed by atoms with E-state index in [1.54, 1.807) is 6.92 Å². The van der Waals surface area contributed by atoms with Gasteiger partial charge in [0.2, 0.25) is 11.5 Å². The Morgan fingerprint density at radius 3 is 2.39 bits per heavy atom. The number of primary amides is 1. The number of nitrogens with zero attached hydrogens (tertiary/aromatic N) is 2. The van der Waals surface area contributed by atoms with Gasteiger partial charge in [-0.3, -0.25) is 9.59 Å². The van der Waals surface area contributed by atoms with Crippen molar-refractivity contribution in [3.63, 3.8) is 0 Å². The minimum absolute atomic E-state index is 0.120. The van der Waals surface area contributed by atoms with Crippen LogP contribution in [0.25, 0.3) is 22.2 Å². The molecule has 0 spiro atoms. The number of nitrogens with two attached hydrogens (primary N) is 1. The van der Waals surface area contributed by atoms with Gasteiger partial charge in [0, 0.05) is 22.1 Å². The highest BCUT2D eigenvalue weighted by molar-refractivity contribution is 6.32. The average molecular weight is 687 g/mol. The van der Waals surface area contributed by atoms with Gasteiger partial charge in [-0.15, -0.1) is 0 Å². The Labute approximate surface area is 268 Å². The predicted octanol–water partition coefficient (Wildman–Crippen LogP) is 5.81. The zero-order chi connectivity index (χ0) is 34.1. The van der Waals surface area contributed by atoms with Crippen LogP contribution in [-0.2, 0) is 16.8 Å². The molecular formula is C30H25Cl2F5N4O5. The van der Waals surface area contributed by atoms with Gasteiger partial charge in [0.25, 0.3) is 5.91 Å². The number of fused-ring (bicyclic) bond motifs is 1. The van der Waals surface area contributed by atoms with Crippen LogP contribution in [0.2, 0.25) is 10.0 Å². The minimum atomic E-state index is -5.50. The molecular weight excluding hydrogens is 662 g/mol. The Balaban J connectivity index is 1.85. The summed E-state index contributed by atoms with van der Waals surface area (Å²) in [5.74, 6) is -4.85. The number of nitrogens with one attached hydrogen (secondary N) is 1. The molecule has 4 rings (SSSR count). The molecule has 1 atom stereocenters. The summed E-state index contributed by atoms with van der Waals surface area (Å²) in [6.07, 6.45) is -6.22. The van der Waals surface area contributed by atoms with Gasteiger partial charge in [-0.05, 0) is 50.2 Å². The number of amides is 2. The van der Waals surface area contributed by atoms with Crippen LogP contribution < -0.4 is 20.5 Å². The molecule has 4 N–H and O–H groups in total. The first-order valence-electron chi connectivity index (χ1n) is 13.3. The highest BCUT2D eigenvalue weighted by Crippen LogP contribution is 2.43. The number of aromatic nitrogens is 2. The third kappa shape index (κ3) is 6.64. The van der Waals surface area contributed by atoms with E-state index < -0.39 is 70.2 Å². The van der Waals surface area contributed by atoms with Crippen LogP contribution >= 0.6 is 23.2 Å². The second-order valence-corrected chi connectivity index (χ2v) is 10.8. The number of aliphatic hydroxyl groups is 1. The SMILES string of the molecule is CCOc1c(CC(N)=O)cc([C@@](O)(CNC(=O)c2cc(OC)c3nc(C)c(Cl)cc3c2)C(F)(F)F)nc1-c1ccc(F)c(Cl)c1F. The van der Waals surface area contributed by atoms with Gasteiger partial charge in [-0.25, -0.2) is 18.7 Å². The van der Waals surface area contributed by atoms with E-state index in [4.69, 9.17) is 38.4 Å². The monoisotopic (exact) mass is 686 g/mol. The van der Waals surface area contributed by atoms with Gasteiger partial charge in [0.15, 0.2) is 5.82 Å². The lowest BCUT2D eigenvalue weighted by atomic mass is 9.93. The summed E-state index contributed by atoms with van der Waals surface area (Å²) in [5.41, 5.74) is -0.638. The quantitative estimate of drug-likeness (QED) is 0.142. The second-order valence-electron chi connectivity index (χ2n) is 9.99. The van der Waals surface area contributed by atoms with Crippen LogP contribution in [0.3, 0.4) is 0 Å². The molecule has 0 saturated heterocycles. The Kier molecular flexibility index (Phi) is 9.95. The number of rotatable bonds is 10. The third-order valence-electron chi connectivity index (χ3n) is 6.88. The molecule has 2 aromatic heterocycles. The van der Waals surface area contributed by atoms with Crippen molar-refractivity contribution in [2.75, 3.05) is 20.3 Å². The van der Waals surface area contributed by atoms with Crippen LogP contribution in [0.5, 0.6) is 11.5 Å². The summed E-state index contributed by atoms with van der Waals surface area (Å²) in [7, 11) is 1.31. The number of hydrogen-bond donors (Lipinski definition) is 3. The maximum Gasteiger partial charge on any atom is 0.424 e. The number of benzene rings is 2. The summed E-state index contributed by atoms with van der Waals surface area (Å²) in [6.45, 7) is 1.53. The van der Waals surface area contributed by atoms with Crippen LogP contribution in [0.1, 0.15) is 34.2 Å². The number of methoxy groups -OCH3 is 1. The van der Waals surface area contributed by atoms with Crippen molar-refractivity contribution < 1.29 is 46.1 Å². The molecule has 244 valence electrons. The largest absolute Gasteiger partial charge is 0.494 e. The topological polar surface area (TPSA) is 137 Å². The summed E-state index contributed by atoms with van der Waals surface area (Å²) in [4.78, 5) is 33.2. The Morgan fingerprint density at radius 1 is 1.09 bits per heavy atom. The molecule has 2 heterocycles. The van der Waals surface area contributed by atoms with Gasteiger partial charge in [0.05, 0.1) is 43.1 Å². The number of hydrogen-bond acceptors (Lipinski definition) is 7. The Morgan fingerprint density at radius 2 is 1.78 bits per heavy atom. The van der Waals surface area contributed by atoms with Crippen molar-refractivity contribution in [2.45, 2.75) is 32.0 Å². The first-order valence-corrected chi connectivity index (χ1v) is 14.1. The highest BCUT2D eigenvalue weighted by Gasteiger charge is 2.57. The predicted molar refractivity (Wildman–Crippen MR) is 159 cm³/mol. The highest BCUT2D eigenvalue weighted by atomic mass is 35.5. The zero-order valence-corrected chi connectivity index (χ0v) is 25.8. The molecule has 2 aromatic carbocycles. The van der Waals surface area contributed by atoms with Crippen molar-refractivity contribution in [1.29, 1.82) is 0 Å². The van der Waals surface area contributed by atoms with Crippen LogP contribution in [-0.4, -0.2) is 53.3 Å². The molecule has 4 aromatic rings. The fraction of sp³-hybridized carbons (Fsp3) is 0.267. The summed E-state index contributed by atoms with van der Waals surface area (Å²) in [6, 6.07) is 6.36. The fourth-order valence-electron chi connectivity index (χ4n) is 4.57. The van der Waals surface area contributed by atoms with E-state index >= 15 is 4.39 Å².